The van der Waals surface area contributed by atoms with Crippen molar-refractivity contribution < 1.29 is 4.39 Å². The molecule has 174 valence electrons. The second kappa shape index (κ2) is 10.8. The zero-order valence-electron chi connectivity index (χ0n) is 19.1. The predicted molar refractivity (Wildman–Crippen MR) is 141 cm³/mol. The maximum absolute atomic E-state index is 13.5. The average molecular weight is 493 g/mol. The van der Waals surface area contributed by atoms with Crippen molar-refractivity contribution in [3.05, 3.63) is 118 Å². The maximum Gasteiger partial charge on any atom is 0.175 e. The van der Waals surface area contributed by atoms with Gasteiger partial charge in [-0.05, 0) is 54.9 Å². The summed E-state index contributed by atoms with van der Waals surface area (Å²) in [5.74, 6) is 1.26. The molecule has 0 saturated heterocycles. The predicted octanol–water partition coefficient (Wildman–Crippen LogP) is 6.74. The second-order valence-electron chi connectivity index (χ2n) is 8.17. The van der Waals surface area contributed by atoms with Crippen LogP contribution in [0.3, 0.4) is 0 Å². The van der Waals surface area contributed by atoms with Gasteiger partial charge in [-0.1, -0.05) is 78.3 Å². The normalized spacial score (nSPS) is 10.8. The number of aromatic nitrogens is 2. The number of aryl methyl sites for hydroxylation is 2. The molecule has 0 saturated carbocycles. The lowest BCUT2D eigenvalue weighted by Gasteiger charge is -2.27. The van der Waals surface area contributed by atoms with Gasteiger partial charge in [0.05, 0.1) is 12.2 Å². The third kappa shape index (κ3) is 5.82. The average Bonchev–Trinajstić information content (AvgIpc) is 3.08. The summed E-state index contributed by atoms with van der Waals surface area (Å²) in [4.78, 5) is 6.78. The summed E-state index contributed by atoms with van der Waals surface area (Å²) in [5.41, 5.74) is 3.98. The molecule has 1 heterocycles. The van der Waals surface area contributed by atoms with Crippen molar-refractivity contribution in [2.45, 2.75) is 33.5 Å². The molecule has 0 bridgehead atoms. The number of anilines is 1. The number of hydrogen-bond donors (Lipinski definition) is 1. The lowest BCUT2D eigenvalue weighted by atomic mass is 10.2. The Morgan fingerprint density at radius 3 is 2.12 bits per heavy atom. The molecule has 1 aromatic heterocycles. The zero-order valence-corrected chi connectivity index (χ0v) is 20.7. The van der Waals surface area contributed by atoms with Gasteiger partial charge in [-0.25, -0.2) is 9.37 Å². The maximum atomic E-state index is 13.5. The Morgan fingerprint density at radius 2 is 1.56 bits per heavy atom. The van der Waals surface area contributed by atoms with Crippen molar-refractivity contribution in [1.29, 1.82) is 0 Å². The van der Waals surface area contributed by atoms with Gasteiger partial charge in [-0.3, -0.25) is 0 Å². The van der Waals surface area contributed by atoms with Crippen LogP contribution in [0.1, 0.15) is 28.2 Å². The summed E-state index contributed by atoms with van der Waals surface area (Å²) in [6, 6.07) is 25.0. The number of benzene rings is 3. The molecule has 0 fully saturated rings. The smallest absolute Gasteiger partial charge is 0.175 e. The topological polar surface area (TPSA) is 33.1 Å². The number of nitrogens with zero attached hydrogens (tertiary/aromatic N) is 3. The lowest BCUT2D eigenvalue weighted by Crippen LogP contribution is -2.34. The van der Waals surface area contributed by atoms with Crippen molar-refractivity contribution in [2.75, 3.05) is 5.32 Å². The molecular weight excluding hydrogens is 467 g/mol. The Kier molecular flexibility index (Phi) is 7.60. The fourth-order valence-corrected chi connectivity index (χ4v) is 4.33. The highest BCUT2D eigenvalue weighted by Crippen LogP contribution is 2.24. The van der Waals surface area contributed by atoms with Crippen LogP contribution in [0.5, 0.6) is 0 Å². The van der Waals surface area contributed by atoms with E-state index in [-0.39, 0.29) is 5.82 Å². The summed E-state index contributed by atoms with van der Waals surface area (Å²) < 4.78 is 15.5. The number of imidazole rings is 1. The van der Waals surface area contributed by atoms with E-state index in [1.807, 2.05) is 54.8 Å². The van der Waals surface area contributed by atoms with E-state index in [9.17, 15) is 4.39 Å². The third-order valence-corrected chi connectivity index (χ3v) is 6.33. The highest BCUT2D eigenvalue weighted by molar-refractivity contribution is 7.80. The van der Waals surface area contributed by atoms with Crippen LogP contribution < -0.4 is 5.32 Å². The highest BCUT2D eigenvalue weighted by atomic mass is 35.5. The van der Waals surface area contributed by atoms with Crippen LogP contribution >= 0.6 is 23.8 Å². The van der Waals surface area contributed by atoms with Crippen LogP contribution in [-0.4, -0.2) is 19.6 Å². The fraction of sp³-hybridized carbons (Fsp3) is 0.185. The molecule has 4 rings (SSSR count). The third-order valence-electron chi connectivity index (χ3n) is 5.62. The molecular formula is C27H26ClFN4S. The summed E-state index contributed by atoms with van der Waals surface area (Å²) in [5, 5.41) is 4.41. The van der Waals surface area contributed by atoms with Gasteiger partial charge in [0.1, 0.15) is 17.5 Å². The molecule has 4 aromatic rings. The second-order valence-corrected chi connectivity index (χ2v) is 8.97. The van der Waals surface area contributed by atoms with Gasteiger partial charge in [0.2, 0.25) is 0 Å². The summed E-state index contributed by atoms with van der Waals surface area (Å²) in [6.07, 6.45) is 0. The van der Waals surface area contributed by atoms with E-state index in [1.165, 1.54) is 23.3 Å². The Hall–Kier alpha value is -3.22. The van der Waals surface area contributed by atoms with E-state index in [4.69, 9.17) is 23.8 Å². The molecule has 0 unspecified atom stereocenters. The van der Waals surface area contributed by atoms with Gasteiger partial charge in [0.25, 0.3) is 0 Å². The quantitative estimate of drug-likeness (QED) is 0.289. The van der Waals surface area contributed by atoms with Gasteiger partial charge in [-0.2, -0.15) is 0 Å². The first-order valence-electron chi connectivity index (χ1n) is 11.0. The fourth-order valence-electron chi connectivity index (χ4n) is 3.87. The molecule has 0 spiro atoms. The van der Waals surface area contributed by atoms with E-state index in [0.717, 1.165) is 22.9 Å². The van der Waals surface area contributed by atoms with E-state index in [1.54, 1.807) is 6.07 Å². The first kappa shape index (κ1) is 23.9. The monoisotopic (exact) mass is 492 g/mol. The van der Waals surface area contributed by atoms with Crippen molar-refractivity contribution in [3.8, 4) is 0 Å². The minimum absolute atomic E-state index is 0.357. The SMILES string of the molecule is Cc1nc(C)n(Cc2ccc(F)cc2Cl)c1NC(=S)N(Cc1ccccc1)Cc1ccccc1. The summed E-state index contributed by atoms with van der Waals surface area (Å²) >= 11 is 12.2. The molecule has 0 aliphatic heterocycles. The Morgan fingerprint density at radius 1 is 0.971 bits per heavy atom. The van der Waals surface area contributed by atoms with Crippen molar-refractivity contribution in [3.63, 3.8) is 0 Å². The van der Waals surface area contributed by atoms with Crippen LogP contribution in [0.25, 0.3) is 0 Å². The summed E-state index contributed by atoms with van der Waals surface area (Å²) in [7, 11) is 0. The first-order valence-corrected chi connectivity index (χ1v) is 11.8. The number of thiocarbonyl (C=S) groups is 1. The molecule has 0 aliphatic rings. The van der Waals surface area contributed by atoms with Crippen molar-refractivity contribution in [1.82, 2.24) is 14.5 Å². The minimum atomic E-state index is -0.357. The van der Waals surface area contributed by atoms with E-state index in [0.29, 0.717) is 29.8 Å². The number of halogens is 2. The number of rotatable bonds is 7. The largest absolute Gasteiger partial charge is 0.340 e. The standard InChI is InChI=1S/C27H26ClFN4S/c1-19-26(33(20(2)30-19)18-23-13-14-24(29)15-25(23)28)31-27(34)32(16-21-9-5-3-6-10-21)17-22-11-7-4-8-12-22/h3-15H,16-18H2,1-2H3,(H,31,34). The van der Waals surface area contributed by atoms with Gasteiger partial charge in [0.15, 0.2) is 5.11 Å². The number of nitrogens with one attached hydrogen (secondary N) is 1. The van der Waals surface area contributed by atoms with E-state index in [2.05, 4.69) is 39.5 Å². The Labute approximate surface area is 210 Å². The van der Waals surface area contributed by atoms with Crippen LogP contribution in [0.2, 0.25) is 5.02 Å². The van der Waals surface area contributed by atoms with Crippen molar-refractivity contribution in [2.24, 2.45) is 0 Å². The van der Waals surface area contributed by atoms with E-state index >= 15 is 0 Å². The molecule has 0 amide bonds. The Balaban J connectivity index is 1.60. The van der Waals surface area contributed by atoms with Gasteiger partial charge >= 0.3 is 0 Å². The molecule has 0 aliphatic carbocycles. The summed E-state index contributed by atoms with van der Waals surface area (Å²) in [6.45, 7) is 5.66. The minimum Gasteiger partial charge on any atom is -0.340 e. The molecule has 34 heavy (non-hydrogen) atoms. The van der Waals surface area contributed by atoms with E-state index < -0.39 is 0 Å². The van der Waals surface area contributed by atoms with Crippen LogP contribution in [0.4, 0.5) is 10.2 Å². The highest BCUT2D eigenvalue weighted by Gasteiger charge is 2.18. The van der Waals surface area contributed by atoms with Crippen LogP contribution in [0.15, 0.2) is 78.9 Å². The lowest BCUT2D eigenvalue weighted by molar-refractivity contribution is 0.412. The molecule has 0 radical (unpaired) electrons. The van der Waals surface area contributed by atoms with Gasteiger partial charge < -0.3 is 14.8 Å². The van der Waals surface area contributed by atoms with Crippen LogP contribution in [-0.2, 0) is 19.6 Å². The molecule has 3 aromatic carbocycles. The molecule has 1 N–H and O–H groups in total. The number of hydrogen-bond acceptors (Lipinski definition) is 2. The molecule has 0 atom stereocenters. The van der Waals surface area contributed by atoms with Gasteiger partial charge in [0, 0.05) is 18.1 Å². The van der Waals surface area contributed by atoms with Gasteiger partial charge in [-0.15, -0.1) is 0 Å². The zero-order chi connectivity index (χ0) is 24.1. The van der Waals surface area contributed by atoms with Crippen LogP contribution in [0, 0.1) is 19.7 Å². The molecule has 4 nitrogen and oxygen atoms in total. The Bertz CT molecular complexity index is 1230. The molecule has 7 heteroatoms. The first-order chi connectivity index (χ1) is 16.4. The van der Waals surface area contributed by atoms with Crippen molar-refractivity contribution >= 4 is 34.7 Å².